The summed E-state index contributed by atoms with van der Waals surface area (Å²) in [5.41, 5.74) is 0. The van der Waals surface area contributed by atoms with E-state index in [0.717, 1.165) is 37.8 Å². The summed E-state index contributed by atoms with van der Waals surface area (Å²) >= 11 is 1.83. The topological polar surface area (TPSA) is 24.9 Å². The van der Waals surface area contributed by atoms with Gasteiger partial charge in [-0.3, -0.25) is 9.80 Å². The largest absolute Gasteiger partial charge is 0.492 e. The zero-order chi connectivity index (χ0) is 18.1. The van der Waals surface area contributed by atoms with Gasteiger partial charge in [0.1, 0.15) is 24.7 Å². The number of nitrogens with zero attached hydrogens (tertiary/aromatic N) is 2. The minimum Gasteiger partial charge on any atom is -0.492 e. The zero-order valence-electron chi connectivity index (χ0n) is 15.7. The SMILES string of the molecule is c1cc2c(cc1OCCN1CCC1)sc1ccc(OCCN3CCC3)cc12. The van der Waals surface area contributed by atoms with Crippen LogP contribution >= 0.6 is 11.3 Å². The maximum atomic E-state index is 5.99. The van der Waals surface area contributed by atoms with Crippen molar-refractivity contribution in [2.45, 2.75) is 12.8 Å². The van der Waals surface area contributed by atoms with E-state index in [9.17, 15) is 0 Å². The molecule has 0 bridgehead atoms. The standard InChI is InChI=1S/C22H26N2O2S/c1-7-23(8-1)11-13-25-17-4-6-21-20(15-17)19-5-3-18(16-22(19)27-21)26-14-12-24-9-2-10-24/h3-6,15-16H,1-2,7-14H2. The highest BCUT2D eigenvalue weighted by Crippen LogP contribution is 2.37. The number of likely N-dealkylation sites (tertiary alicyclic amines) is 2. The number of thiophene rings is 1. The van der Waals surface area contributed by atoms with Crippen LogP contribution in [-0.2, 0) is 0 Å². The van der Waals surface area contributed by atoms with E-state index in [0.29, 0.717) is 0 Å². The van der Waals surface area contributed by atoms with Crippen LogP contribution in [0.1, 0.15) is 12.8 Å². The van der Waals surface area contributed by atoms with Gasteiger partial charge >= 0.3 is 0 Å². The van der Waals surface area contributed by atoms with Crippen molar-refractivity contribution in [3.63, 3.8) is 0 Å². The third-order valence-electron chi connectivity index (χ3n) is 5.66. The quantitative estimate of drug-likeness (QED) is 0.582. The van der Waals surface area contributed by atoms with Crippen LogP contribution in [0.3, 0.4) is 0 Å². The van der Waals surface area contributed by atoms with Crippen LogP contribution in [0.2, 0.25) is 0 Å². The van der Waals surface area contributed by atoms with Crippen LogP contribution in [-0.4, -0.2) is 62.3 Å². The van der Waals surface area contributed by atoms with E-state index < -0.39 is 0 Å². The summed E-state index contributed by atoms with van der Waals surface area (Å²) in [4.78, 5) is 4.86. The summed E-state index contributed by atoms with van der Waals surface area (Å²) in [6.45, 7) is 8.49. The highest BCUT2D eigenvalue weighted by Gasteiger charge is 2.14. The van der Waals surface area contributed by atoms with Gasteiger partial charge in [-0.2, -0.15) is 0 Å². The van der Waals surface area contributed by atoms with Crippen LogP contribution in [0.4, 0.5) is 0 Å². The van der Waals surface area contributed by atoms with Crippen molar-refractivity contribution in [1.82, 2.24) is 9.80 Å². The van der Waals surface area contributed by atoms with Crippen molar-refractivity contribution in [1.29, 1.82) is 0 Å². The van der Waals surface area contributed by atoms with Gasteiger partial charge in [-0.15, -0.1) is 11.3 Å². The Morgan fingerprint density at radius 1 is 0.704 bits per heavy atom. The van der Waals surface area contributed by atoms with Gasteiger partial charge in [0.25, 0.3) is 0 Å². The molecule has 2 saturated heterocycles. The van der Waals surface area contributed by atoms with Crippen molar-refractivity contribution in [3.8, 4) is 11.5 Å². The van der Waals surface area contributed by atoms with E-state index >= 15 is 0 Å². The minimum absolute atomic E-state index is 0.766. The second kappa shape index (κ2) is 7.66. The Kier molecular flexibility index (Phi) is 4.91. The molecule has 3 heterocycles. The Balaban J connectivity index is 1.27. The molecule has 27 heavy (non-hydrogen) atoms. The molecule has 2 aliphatic heterocycles. The van der Waals surface area contributed by atoms with Crippen LogP contribution in [0.15, 0.2) is 36.4 Å². The summed E-state index contributed by atoms with van der Waals surface area (Å²) in [6, 6.07) is 12.9. The molecule has 3 aromatic rings. The number of rotatable bonds is 8. The number of benzene rings is 2. The molecule has 2 fully saturated rings. The lowest BCUT2D eigenvalue weighted by Crippen LogP contribution is -2.39. The van der Waals surface area contributed by atoms with Crippen LogP contribution in [0.25, 0.3) is 20.2 Å². The lowest BCUT2D eigenvalue weighted by Gasteiger charge is -2.30. The third kappa shape index (κ3) is 3.77. The van der Waals surface area contributed by atoms with E-state index in [1.165, 1.54) is 59.2 Å². The molecule has 2 aromatic carbocycles. The summed E-state index contributed by atoms with van der Waals surface area (Å²) in [5, 5.41) is 2.57. The molecule has 0 aliphatic carbocycles. The number of fused-ring (bicyclic) bond motifs is 3. The predicted molar refractivity (Wildman–Crippen MR) is 112 cm³/mol. The smallest absolute Gasteiger partial charge is 0.120 e. The van der Waals surface area contributed by atoms with Crippen LogP contribution in [0.5, 0.6) is 11.5 Å². The van der Waals surface area contributed by atoms with Crippen LogP contribution < -0.4 is 9.47 Å². The first-order valence-electron chi connectivity index (χ1n) is 10.0. The number of hydrogen-bond donors (Lipinski definition) is 0. The highest BCUT2D eigenvalue weighted by molar-refractivity contribution is 7.25. The molecule has 0 saturated carbocycles. The Morgan fingerprint density at radius 3 is 1.96 bits per heavy atom. The first-order valence-corrected chi connectivity index (χ1v) is 10.8. The first kappa shape index (κ1) is 17.3. The van der Waals surface area contributed by atoms with E-state index in [1.54, 1.807) is 0 Å². The molecule has 0 atom stereocenters. The van der Waals surface area contributed by atoms with Gasteiger partial charge < -0.3 is 9.47 Å². The minimum atomic E-state index is 0.766. The fraction of sp³-hybridized carbons (Fsp3) is 0.455. The van der Waals surface area contributed by atoms with Crippen molar-refractivity contribution in [2.24, 2.45) is 0 Å². The van der Waals surface area contributed by atoms with Gasteiger partial charge in [-0.05, 0) is 75.4 Å². The summed E-state index contributed by atoms with van der Waals surface area (Å²) in [5.74, 6) is 1.94. The summed E-state index contributed by atoms with van der Waals surface area (Å²) in [7, 11) is 0. The Bertz CT molecular complexity index is 931. The second-order valence-electron chi connectivity index (χ2n) is 7.51. The lowest BCUT2D eigenvalue weighted by atomic mass is 10.1. The molecule has 0 N–H and O–H groups in total. The van der Waals surface area contributed by atoms with E-state index in [2.05, 4.69) is 46.2 Å². The molecule has 142 valence electrons. The highest BCUT2D eigenvalue weighted by atomic mass is 32.1. The molecule has 0 unspecified atom stereocenters. The molecule has 2 aliphatic rings. The van der Waals surface area contributed by atoms with Crippen LogP contribution in [0, 0.1) is 0 Å². The van der Waals surface area contributed by atoms with Gasteiger partial charge in [-0.1, -0.05) is 0 Å². The molecular weight excluding hydrogens is 356 g/mol. The van der Waals surface area contributed by atoms with Gasteiger partial charge in [0, 0.05) is 33.3 Å². The van der Waals surface area contributed by atoms with Gasteiger partial charge in [0.2, 0.25) is 0 Å². The van der Waals surface area contributed by atoms with Gasteiger partial charge in [0.05, 0.1) is 0 Å². The molecule has 1 aromatic heterocycles. The Morgan fingerprint density at radius 2 is 1.33 bits per heavy atom. The van der Waals surface area contributed by atoms with Crippen molar-refractivity contribution < 1.29 is 9.47 Å². The maximum Gasteiger partial charge on any atom is 0.120 e. The number of hydrogen-bond acceptors (Lipinski definition) is 5. The predicted octanol–water partition coefficient (Wildman–Crippen LogP) is 4.22. The normalized spacial score (nSPS) is 17.8. The molecule has 0 spiro atoms. The monoisotopic (exact) mass is 382 g/mol. The Hall–Kier alpha value is -1.82. The van der Waals surface area contributed by atoms with Crippen molar-refractivity contribution >= 4 is 31.5 Å². The molecular formula is C22H26N2O2S. The maximum absolute atomic E-state index is 5.99. The van der Waals surface area contributed by atoms with Gasteiger partial charge in [0.15, 0.2) is 0 Å². The molecule has 5 rings (SSSR count). The molecule has 0 amide bonds. The van der Waals surface area contributed by atoms with E-state index in [-0.39, 0.29) is 0 Å². The van der Waals surface area contributed by atoms with Gasteiger partial charge in [-0.25, -0.2) is 0 Å². The summed E-state index contributed by atoms with van der Waals surface area (Å²) < 4.78 is 14.5. The third-order valence-corrected chi connectivity index (χ3v) is 6.80. The average Bonchev–Trinajstić information content (AvgIpc) is 2.96. The Labute approximate surface area is 164 Å². The molecule has 4 nitrogen and oxygen atoms in total. The molecule has 0 radical (unpaired) electrons. The zero-order valence-corrected chi connectivity index (χ0v) is 16.5. The summed E-state index contributed by atoms with van der Waals surface area (Å²) in [6.07, 6.45) is 2.66. The number of ether oxygens (including phenoxy) is 2. The average molecular weight is 383 g/mol. The second-order valence-corrected chi connectivity index (χ2v) is 8.59. The first-order chi connectivity index (χ1) is 13.3. The van der Waals surface area contributed by atoms with Crippen molar-refractivity contribution in [2.75, 3.05) is 52.5 Å². The van der Waals surface area contributed by atoms with E-state index in [4.69, 9.17) is 9.47 Å². The van der Waals surface area contributed by atoms with E-state index in [1.807, 2.05) is 11.3 Å². The molecule has 5 heteroatoms. The lowest BCUT2D eigenvalue weighted by molar-refractivity contribution is 0.147. The fourth-order valence-electron chi connectivity index (χ4n) is 3.71. The fourth-order valence-corrected chi connectivity index (χ4v) is 4.83. The van der Waals surface area contributed by atoms with Crippen molar-refractivity contribution in [3.05, 3.63) is 36.4 Å².